The van der Waals surface area contributed by atoms with Crippen LogP contribution >= 0.6 is 11.6 Å². The van der Waals surface area contributed by atoms with Gasteiger partial charge in [0.25, 0.3) is 5.91 Å². The first kappa shape index (κ1) is 19.9. The first-order chi connectivity index (χ1) is 14.0. The highest BCUT2D eigenvalue weighted by molar-refractivity contribution is 6.31. The van der Waals surface area contributed by atoms with Crippen molar-refractivity contribution in [1.82, 2.24) is 15.5 Å². The number of urea groups is 1. The molecule has 0 saturated carbocycles. The minimum absolute atomic E-state index is 0.0685. The van der Waals surface area contributed by atoms with E-state index in [1.807, 2.05) is 24.3 Å². The van der Waals surface area contributed by atoms with Gasteiger partial charge in [-0.15, -0.1) is 0 Å². The molecule has 5 nitrogen and oxygen atoms in total. The van der Waals surface area contributed by atoms with Crippen molar-refractivity contribution in [3.05, 3.63) is 70.2 Å². The second kappa shape index (κ2) is 8.17. The number of nitrogens with one attached hydrogen (secondary N) is 2. The van der Waals surface area contributed by atoms with Crippen molar-refractivity contribution in [2.75, 3.05) is 13.1 Å². The summed E-state index contributed by atoms with van der Waals surface area (Å²) >= 11 is 6.36. The van der Waals surface area contributed by atoms with Gasteiger partial charge in [-0.2, -0.15) is 0 Å². The van der Waals surface area contributed by atoms with Crippen molar-refractivity contribution in [3.8, 4) is 0 Å². The number of hydrogen-bond donors (Lipinski definition) is 2. The lowest BCUT2D eigenvalue weighted by atomic mass is 9.74. The molecule has 152 valence electrons. The molecule has 2 aromatic carbocycles. The maximum atomic E-state index is 12.9. The minimum Gasteiger partial charge on any atom is -0.323 e. The number of carbonyl (C=O) groups excluding carboxylic acids is 2. The van der Waals surface area contributed by atoms with Crippen molar-refractivity contribution in [2.45, 2.75) is 38.3 Å². The second-order valence-corrected chi connectivity index (χ2v) is 8.59. The van der Waals surface area contributed by atoms with Crippen LogP contribution in [0.25, 0.3) is 0 Å². The van der Waals surface area contributed by atoms with E-state index in [9.17, 15) is 9.59 Å². The Morgan fingerprint density at radius 3 is 2.52 bits per heavy atom. The quantitative estimate of drug-likeness (QED) is 0.738. The molecule has 0 bridgehead atoms. The lowest BCUT2D eigenvalue weighted by Crippen LogP contribution is -2.57. The van der Waals surface area contributed by atoms with Crippen LogP contribution in [0, 0.1) is 12.8 Å². The van der Waals surface area contributed by atoms with Gasteiger partial charge in [0.1, 0.15) is 5.54 Å². The van der Waals surface area contributed by atoms with E-state index in [1.54, 1.807) is 0 Å². The molecule has 6 heteroatoms. The normalized spacial score (nSPS) is 23.1. The number of benzene rings is 2. The first-order valence-corrected chi connectivity index (χ1v) is 10.5. The van der Waals surface area contributed by atoms with Crippen molar-refractivity contribution in [3.63, 3.8) is 0 Å². The molecule has 0 aromatic heterocycles. The van der Waals surface area contributed by atoms with Crippen LogP contribution in [0.1, 0.15) is 29.5 Å². The summed E-state index contributed by atoms with van der Waals surface area (Å²) in [5.74, 6) is -0.168. The maximum absolute atomic E-state index is 12.9. The third-order valence-corrected chi connectivity index (χ3v) is 6.54. The third kappa shape index (κ3) is 4.16. The Kier molecular flexibility index (Phi) is 5.61. The number of halogens is 1. The summed E-state index contributed by atoms with van der Waals surface area (Å²) in [6.45, 7) is 4.80. The van der Waals surface area contributed by atoms with Crippen molar-refractivity contribution >= 4 is 23.5 Å². The van der Waals surface area contributed by atoms with Crippen LogP contribution in [0.3, 0.4) is 0 Å². The maximum Gasteiger partial charge on any atom is 0.322 e. The predicted octanol–water partition coefficient (Wildman–Crippen LogP) is 3.68. The van der Waals surface area contributed by atoms with Crippen molar-refractivity contribution in [2.24, 2.45) is 5.92 Å². The van der Waals surface area contributed by atoms with Crippen LogP contribution < -0.4 is 10.6 Å². The Bertz CT molecular complexity index is 924. The fourth-order valence-electron chi connectivity index (χ4n) is 4.66. The summed E-state index contributed by atoms with van der Waals surface area (Å²) < 4.78 is 0. The Balaban J connectivity index is 1.49. The number of hydrogen-bond acceptors (Lipinski definition) is 3. The summed E-state index contributed by atoms with van der Waals surface area (Å²) in [4.78, 5) is 27.3. The highest BCUT2D eigenvalue weighted by Gasteiger charge is 2.52. The highest BCUT2D eigenvalue weighted by atomic mass is 35.5. The summed E-state index contributed by atoms with van der Waals surface area (Å²) in [5.41, 5.74) is 2.52. The topological polar surface area (TPSA) is 61.4 Å². The molecule has 2 aliphatic rings. The zero-order valence-corrected chi connectivity index (χ0v) is 17.3. The summed E-state index contributed by atoms with van der Waals surface area (Å²) in [5, 5.41) is 6.04. The molecule has 0 spiro atoms. The Morgan fingerprint density at radius 2 is 1.86 bits per heavy atom. The van der Waals surface area contributed by atoms with Crippen molar-refractivity contribution < 1.29 is 9.59 Å². The fourth-order valence-corrected chi connectivity index (χ4v) is 4.86. The highest BCUT2D eigenvalue weighted by Crippen LogP contribution is 2.35. The van der Waals surface area contributed by atoms with Gasteiger partial charge in [0.15, 0.2) is 0 Å². The average Bonchev–Trinajstić information content (AvgIpc) is 2.98. The molecule has 0 aliphatic carbocycles. The number of imide groups is 1. The predicted molar refractivity (Wildman–Crippen MR) is 114 cm³/mol. The first-order valence-electron chi connectivity index (χ1n) is 10.1. The number of piperidine rings is 1. The van der Waals surface area contributed by atoms with Crippen LogP contribution in [0.2, 0.25) is 5.02 Å². The lowest BCUT2D eigenvalue weighted by molar-refractivity contribution is -0.126. The van der Waals surface area contributed by atoms with Crippen LogP contribution in [0.4, 0.5) is 4.79 Å². The van der Waals surface area contributed by atoms with Crippen LogP contribution in [0.15, 0.2) is 48.5 Å². The second-order valence-electron chi connectivity index (χ2n) is 8.19. The number of amides is 3. The van der Waals surface area contributed by atoms with Gasteiger partial charge in [-0.05, 0) is 56.0 Å². The van der Waals surface area contributed by atoms with Gasteiger partial charge < -0.3 is 5.32 Å². The van der Waals surface area contributed by atoms with E-state index in [0.29, 0.717) is 11.4 Å². The summed E-state index contributed by atoms with van der Waals surface area (Å²) in [6, 6.07) is 15.7. The Hall–Kier alpha value is -2.37. The zero-order valence-electron chi connectivity index (χ0n) is 16.6. The molecular weight excluding hydrogens is 386 g/mol. The van der Waals surface area contributed by atoms with Crippen LogP contribution in [-0.2, 0) is 17.8 Å². The van der Waals surface area contributed by atoms with Gasteiger partial charge in [0.2, 0.25) is 0 Å². The van der Waals surface area contributed by atoms with Crippen LogP contribution in [0.5, 0.6) is 0 Å². The summed E-state index contributed by atoms with van der Waals surface area (Å²) in [7, 11) is 0. The molecule has 2 N–H and O–H groups in total. The summed E-state index contributed by atoms with van der Waals surface area (Å²) in [6.07, 6.45) is 2.11. The van der Waals surface area contributed by atoms with E-state index in [0.717, 1.165) is 38.0 Å². The number of nitrogens with zero attached hydrogens (tertiary/aromatic N) is 1. The minimum atomic E-state index is -0.933. The van der Waals surface area contributed by atoms with E-state index in [2.05, 4.69) is 46.7 Å². The van der Waals surface area contributed by atoms with Gasteiger partial charge in [-0.1, -0.05) is 59.6 Å². The molecular formula is C23H26ClN3O2. The van der Waals surface area contributed by atoms with Gasteiger partial charge in [0, 0.05) is 18.0 Å². The lowest BCUT2D eigenvalue weighted by Gasteiger charge is -2.41. The van der Waals surface area contributed by atoms with Crippen LogP contribution in [-0.4, -0.2) is 35.5 Å². The zero-order chi connectivity index (χ0) is 20.4. The van der Waals surface area contributed by atoms with Gasteiger partial charge >= 0.3 is 6.03 Å². The molecule has 3 amide bonds. The van der Waals surface area contributed by atoms with E-state index in [-0.39, 0.29) is 11.8 Å². The Labute approximate surface area is 176 Å². The molecule has 2 aliphatic heterocycles. The van der Waals surface area contributed by atoms with E-state index >= 15 is 0 Å². The molecule has 2 heterocycles. The molecule has 29 heavy (non-hydrogen) atoms. The van der Waals surface area contributed by atoms with E-state index in [1.165, 1.54) is 11.1 Å². The largest absolute Gasteiger partial charge is 0.323 e. The smallest absolute Gasteiger partial charge is 0.322 e. The van der Waals surface area contributed by atoms with Crippen molar-refractivity contribution in [1.29, 1.82) is 0 Å². The van der Waals surface area contributed by atoms with Gasteiger partial charge in [-0.3, -0.25) is 15.0 Å². The standard InChI is InChI=1S/C23H26ClN3O2/c1-16-5-4-6-17(13-16)15-27-11-9-19(10-12-27)23(21(28)25-22(29)26-23)14-18-7-2-3-8-20(18)24/h2-8,13,19H,9-12,14-15H2,1H3,(H2,25,26,28,29). The number of rotatable bonds is 5. The molecule has 0 radical (unpaired) electrons. The molecule has 2 saturated heterocycles. The SMILES string of the molecule is Cc1cccc(CN2CCC(C3(Cc4ccccc4Cl)NC(=O)NC3=O)CC2)c1. The van der Waals surface area contributed by atoms with Gasteiger partial charge in [0.05, 0.1) is 0 Å². The number of carbonyl (C=O) groups is 2. The molecule has 4 rings (SSSR count). The third-order valence-electron chi connectivity index (χ3n) is 6.17. The fraction of sp³-hybridized carbons (Fsp3) is 0.391. The molecule has 1 atom stereocenters. The number of aryl methyl sites for hydroxylation is 1. The van der Waals surface area contributed by atoms with E-state index < -0.39 is 11.6 Å². The molecule has 2 aromatic rings. The Morgan fingerprint density at radius 1 is 1.10 bits per heavy atom. The van der Waals surface area contributed by atoms with E-state index in [4.69, 9.17) is 11.6 Å². The monoisotopic (exact) mass is 411 g/mol. The average molecular weight is 412 g/mol. The number of likely N-dealkylation sites (tertiary alicyclic amines) is 1. The molecule has 1 unspecified atom stereocenters. The van der Waals surface area contributed by atoms with Gasteiger partial charge in [-0.25, -0.2) is 4.79 Å². The molecule has 2 fully saturated rings.